The van der Waals surface area contributed by atoms with Crippen molar-refractivity contribution in [2.24, 2.45) is 5.92 Å². The first-order valence-corrected chi connectivity index (χ1v) is 10.7. The molecule has 0 spiro atoms. The van der Waals surface area contributed by atoms with Gasteiger partial charge >= 0.3 is 6.03 Å². The number of nitrogens with zero attached hydrogens (tertiary/aromatic N) is 3. The molecule has 0 saturated carbocycles. The number of imide groups is 1. The van der Waals surface area contributed by atoms with Crippen molar-refractivity contribution in [1.29, 1.82) is 0 Å². The van der Waals surface area contributed by atoms with Crippen molar-refractivity contribution in [1.82, 2.24) is 14.8 Å². The summed E-state index contributed by atoms with van der Waals surface area (Å²) >= 11 is 0. The third-order valence-corrected chi connectivity index (χ3v) is 6.51. The first-order chi connectivity index (χ1) is 15.0. The fraction of sp³-hybridized carbons (Fsp3) is 0.391. The second-order valence-electron chi connectivity index (χ2n) is 8.55. The highest BCUT2D eigenvalue weighted by molar-refractivity contribution is 6.21. The van der Waals surface area contributed by atoms with Gasteiger partial charge in [-0.05, 0) is 37.0 Å². The zero-order chi connectivity index (χ0) is 21.5. The van der Waals surface area contributed by atoms with Crippen molar-refractivity contribution in [3.63, 3.8) is 0 Å². The maximum atomic E-state index is 12.9. The van der Waals surface area contributed by atoms with E-state index in [1.54, 1.807) is 36.4 Å². The van der Waals surface area contributed by atoms with Crippen LogP contribution >= 0.6 is 0 Å². The number of benzene rings is 1. The fourth-order valence-corrected chi connectivity index (χ4v) is 5.07. The first-order valence-electron chi connectivity index (χ1n) is 10.7. The topological polar surface area (TPSA) is 91.7 Å². The Morgan fingerprint density at radius 1 is 0.968 bits per heavy atom. The molecular formula is C23H24N4O4. The number of pyridine rings is 1. The van der Waals surface area contributed by atoms with Gasteiger partial charge in [0.1, 0.15) is 6.04 Å². The van der Waals surface area contributed by atoms with Gasteiger partial charge in [0.05, 0.1) is 5.69 Å². The number of urea groups is 1. The molecule has 8 heteroatoms. The van der Waals surface area contributed by atoms with Crippen LogP contribution < -0.4 is 15.8 Å². The van der Waals surface area contributed by atoms with Crippen molar-refractivity contribution < 1.29 is 14.4 Å². The minimum Gasteiger partial charge on any atom is -0.342 e. The van der Waals surface area contributed by atoms with E-state index in [9.17, 15) is 19.2 Å². The highest BCUT2D eigenvalue weighted by Gasteiger charge is 2.40. The molecule has 2 bridgehead atoms. The number of fused-ring (bicyclic) bond motifs is 4. The summed E-state index contributed by atoms with van der Waals surface area (Å²) < 4.78 is 1.84. The molecule has 0 aliphatic carbocycles. The van der Waals surface area contributed by atoms with Gasteiger partial charge in [-0.15, -0.1) is 0 Å². The largest absolute Gasteiger partial charge is 0.342 e. The molecular weight excluding hydrogens is 396 g/mol. The SMILES string of the molecule is O=C(CC[C@H]1NC(=O)N(c2ccccc2)C1=O)N1C[C@@H]2C[C@H](C1)c1cccc(=O)n1C2. The van der Waals surface area contributed by atoms with Gasteiger partial charge in [0.2, 0.25) is 5.91 Å². The molecule has 1 N–H and O–H groups in total. The molecule has 160 valence electrons. The lowest BCUT2D eigenvalue weighted by molar-refractivity contribution is -0.134. The zero-order valence-electron chi connectivity index (χ0n) is 17.1. The summed E-state index contributed by atoms with van der Waals surface area (Å²) in [6.45, 7) is 1.84. The number of hydrogen-bond donors (Lipinski definition) is 1. The quantitative estimate of drug-likeness (QED) is 0.762. The minimum absolute atomic E-state index is 0.0124. The Balaban J connectivity index is 1.22. The van der Waals surface area contributed by atoms with Crippen molar-refractivity contribution >= 4 is 23.5 Å². The summed E-state index contributed by atoms with van der Waals surface area (Å²) in [4.78, 5) is 53.1. The number of para-hydroxylation sites is 1. The molecule has 1 aromatic carbocycles. The van der Waals surface area contributed by atoms with Gasteiger partial charge in [0, 0.05) is 43.7 Å². The Morgan fingerprint density at radius 3 is 2.58 bits per heavy atom. The lowest BCUT2D eigenvalue weighted by Gasteiger charge is -2.42. The third-order valence-electron chi connectivity index (χ3n) is 6.51. The van der Waals surface area contributed by atoms with E-state index in [1.807, 2.05) is 21.6 Å². The minimum atomic E-state index is -0.694. The van der Waals surface area contributed by atoms with Gasteiger partial charge in [0.15, 0.2) is 0 Å². The number of carbonyl (C=O) groups is 3. The van der Waals surface area contributed by atoms with Crippen LogP contribution in [0.1, 0.15) is 30.9 Å². The summed E-state index contributed by atoms with van der Waals surface area (Å²) in [5, 5.41) is 2.70. The Bertz CT molecular complexity index is 1100. The van der Waals surface area contributed by atoms with Gasteiger partial charge in [-0.1, -0.05) is 24.3 Å². The number of anilines is 1. The molecule has 31 heavy (non-hydrogen) atoms. The Kier molecular flexibility index (Phi) is 4.84. The van der Waals surface area contributed by atoms with E-state index in [-0.39, 0.29) is 42.1 Å². The molecule has 0 radical (unpaired) electrons. The van der Waals surface area contributed by atoms with Crippen LogP contribution in [0.3, 0.4) is 0 Å². The second kappa shape index (κ2) is 7.68. The molecule has 2 fully saturated rings. The molecule has 3 aliphatic heterocycles. The van der Waals surface area contributed by atoms with Gasteiger partial charge < -0.3 is 14.8 Å². The predicted octanol–water partition coefficient (Wildman–Crippen LogP) is 1.70. The van der Waals surface area contributed by atoms with Crippen LogP contribution in [-0.4, -0.2) is 46.4 Å². The maximum Gasteiger partial charge on any atom is 0.329 e. The number of nitrogens with one attached hydrogen (secondary N) is 1. The maximum absolute atomic E-state index is 12.9. The van der Waals surface area contributed by atoms with E-state index in [0.29, 0.717) is 25.3 Å². The van der Waals surface area contributed by atoms with Crippen LogP contribution in [0.15, 0.2) is 53.3 Å². The molecule has 2 aromatic rings. The van der Waals surface area contributed by atoms with Crippen LogP contribution in [0.5, 0.6) is 0 Å². The van der Waals surface area contributed by atoms with E-state index < -0.39 is 12.1 Å². The average Bonchev–Trinajstić information content (AvgIpc) is 3.06. The number of aromatic nitrogens is 1. The molecule has 5 rings (SSSR count). The molecule has 3 aliphatic rings. The summed E-state index contributed by atoms with van der Waals surface area (Å²) in [5.41, 5.74) is 1.54. The van der Waals surface area contributed by atoms with E-state index in [4.69, 9.17) is 0 Å². The van der Waals surface area contributed by atoms with Crippen LogP contribution in [0.2, 0.25) is 0 Å². The average molecular weight is 420 g/mol. The zero-order valence-corrected chi connectivity index (χ0v) is 17.1. The van der Waals surface area contributed by atoms with Crippen LogP contribution in [0.25, 0.3) is 0 Å². The number of hydrogen-bond acceptors (Lipinski definition) is 4. The summed E-state index contributed by atoms with van der Waals surface area (Å²) in [6, 6.07) is 13.0. The van der Waals surface area contributed by atoms with E-state index in [1.165, 1.54) is 0 Å². The lowest BCUT2D eigenvalue weighted by atomic mass is 9.83. The number of carbonyl (C=O) groups excluding carboxylic acids is 3. The number of piperidine rings is 1. The first kappa shape index (κ1) is 19.5. The van der Waals surface area contributed by atoms with E-state index in [0.717, 1.165) is 17.0 Å². The van der Waals surface area contributed by atoms with Crippen molar-refractivity contribution in [2.45, 2.75) is 37.8 Å². The molecule has 2 saturated heterocycles. The van der Waals surface area contributed by atoms with Crippen LogP contribution in [-0.2, 0) is 16.1 Å². The molecule has 8 nitrogen and oxygen atoms in total. The molecule has 0 unspecified atom stereocenters. The Morgan fingerprint density at radius 2 is 1.77 bits per heavy atom. The molecule has 3 atom stereocenters. The lowest BCUT2D eigenvalue weighted by Crippen LogP contribution is -2.49. The normalized spacial score (nSPS) is 24.7. The van der Waals surface area contributed by atoms with Crippen LogP contribution in [0.4, 0.5) is 10.5 Å². The summed E-state index contributed by atoms with van der Waals surface area (Å²) in [5.74, 6) is 0.0814. The predicted molar refractivity (Wildman–Crippen MR) is 114 cm³/mol. The van der Waals surface area contributed by atoms with Gasteiger partial charge in [0.25, 0.3) is 11.5 Å². The molecule has 4 amide bonds. The van der Waals surface area contributed by atoms with Gasteiger partial charge in [-0.3, -0.25) is 14.4 Å². The molecule has 4 heterocycles. The van der Waals surface area contributed by atoms with Gasteiger partial charge in [-0.25, -0.2) is 9.69 Å². The Labute approximate surface area is 179 Å². The number of amides is 4. The number of rotatable bonds is 4. The Hall–Kier alpha value is -3.42. The monoisotopic (exact) mass is 420 g/mol. The van der Waals surface area contributed by atoms with Crippen LogP contribution in [0, 0.1) is 5.92 Å². The summed E-state index contributed by atoms with van der Waals surface area (Å²) in [7, 11) is 0. The standard InChI is InChI=1S/C23H24N4O4/c28-20(10-9-18-22(30)27(23(31)24-18)17-5-2-1-3-6-17)25-12-15-11-16(14-25)19-7-4-8-21(29)26(19)13-15/h1-8,15-16,18H,9-14H2,(H,24,31)/t15-,16+,18+/m0/s1. The highest BCUT2D eigenvalue weighted by atomic mass is 16.2. The second-order valence-corrected chi connectivity index (χ2v) is 8.55. The number of likely N-dealkylation sites (tertiary alicyclic amines) is 1. The summed E-state index contributed by atoms with van der Waals surface area (Å²) in [6.07, 6.45) is 1.45. The van der Waals surface area contributed by atoms with Crippen molar-refractivity contribution in [2.75, 3.05) is 18.0 Å². The van der Waals surface area contributed by atoms with Gasteiger partial charge in [-0.2, -0.15) is 0 Å². The van der Waals surface area contributed by atoms with E-state index in [2.05, 4.69) is 5.32 Å². The fourth-order valence-electron chi connectivity index (χ4n) is 5.07. The van der Waals surface area contributed by atoms with Crippen molar-refractivity contribution in [3.8, 4) is 0 Å². The smallest absolute Gasteiger partial charge is 0.329 e. The van der Waals surface area contributed by atoms with E-state index >= 15 is 0 Å². The molecule has 1 aromatic heterocycles. The highest BCUT2D eigenvalue weighted by Crippen LogP contribution is 2.35. The third kappa shape index (κ3) is 3.52. The van der Waals surface area contributed by atoms with Crippen molar-refractivity contribution in [3.05, 3.63) is 64.6 Å².